The van der Waals surface area contributed by atoms with E-state index in [4.69, 9.17) is 13.9 Å². The van der Waals surface area contributed by atoms with Gasteiger partial charge in [0.2, 0.25) is 0 Å². The standard InChI is InChI=1S/C22H22O5/c1-13(2)16-6-5-14(3)19(10-16)25-12-22(24)26-17-7-8-18-15(4)9-21(23)27-20(18)11-17/h5-11,13H,12H2,1-4H3. The van der Waals surface area contributed by atoms with Gasteiger partial charge >= 0.3 is 11.6 Å². The summed E-state index contributed by atoms with van der Waals surface area (Å²) in [4.78, 5) is 23.7. The van der Waals surface area contributed by atoms with Gasteiger partial charge in [0.15, 0.2) is 6.61 Å². The number of esters is 1. The molecule has 0 aliphatic carbocycles. The van der Waals surface area contributed by atoms with E-state index in [0.29, 0.717) is 23.0 Å². The zero-order valence-electron chi connectivity index (χ0n) is 15.9. The van der Waals surface area contributed by atoms with E-state index in [0.717, 1.165) is 22.1 Å². The zero-order valence-corrected chi connectivity index (χ0v) is 15.9. The minimum absolute atomic E-state index is 0.210. The highest BCUT2D eigenvalue weighted by molar-refractivity contribution is 5.82. The second-order valence-corrected chi connectivity index (χ2v) is 6.85. The van der Waals surface area contributed by atoms with Crippen LogP contribution in [0.4, 0.5) is 0 Å². The highest BCUT2D eigenvalue weighted by Crippen LogP contribution is 2.25. The van der Waals surface area contributed by atoms with Crippen LogP contribution in [0.2, 0.25) is 0 Å². The van der Waals surface area contributed by atoms with Crippen molar-refractivity contribution in [1.82, 2.24) is 0 Å². The third-order valence-electron chi connectivity index (χ3n) is 4.38. The summed E-state index contributed by atoms with van der Waals surface area (Å²) in [6.07, 6.45) is 0. The average Bonchev–Trinajstić information content (AvgIpc) is 2.60. The number of carbonyl (C=O) groups excluding carboxylic acids is 1. The van der Waals surface area contributed by atoms with E-state index in [9.17, 15) is 9.59 Å². The van der Waals surface area contributed by atoms with Crippen molar-refractivity contribution in [3.05, 3.63) is 69.6 Å². The molecule has 0 bridgehead atoms. The summed E-state index contributed by atoms with van der Waals surface area (Å²) >= 11 is 0. The fourth-order valence-corrected chi connectivity index (χ4v) is 2.80. The summed E-state index contributed by atoms with van der Waals surface area (Å²) in [6.45, 7) is 7.74. The van der Waals surface area contributed by atoms with Crippen LogP contribution < -0.4 is 15.1 Å². The minimum atomic E-state index is -0.529. The third kappa shape index (κ3) is 4.37. The summed E-state index contributed by atoms with van der Waals surface area (Å²) in [5.74, 6) is 0.810. The predicted molar refractivity (Wildman–Crippen MR) is 104 cm³/mol. The number of ether oxygens (including phenoxy) is 2. The lowest BCUT2D eigenvalue weighted by atomic mass is 10.0. The van der Waals surface area contributed by atoms with Crippen LogP contribution in [-0.2, 0) is 4.79 Å². The van der Waals surface area contributed by atoms with E-state index >= 15 is 0 Å². The predicted octanol–water partition coefficient (Wildman–Crippen LogP) is 4.52. The maximum absolute atomic E-state index is 12.1. The molecule has 140 valence electrons. The van der Waals surface area contributed by atoms with E-state index in [1.165, 1.54) is 12.1 Å². The van der Waals surface area contributed by atoms with E-state index in [1.54, 1.807) is 12.1 Å². The lowest BCUT2D eigenvalue weighted by Gasteiger charge is -2.12. The van der Waals surface area contributed by atoms with Gasteiger partial charge in [0.05, 0.1) is 0 Å². The van der Waals surface area contributed by atoms with Gasteiger partial charge in [-0.1, -0.05) is 26.0 Å². The SMILES string of the molecule is Cc1ccc(C(C)C)cc1OCC(=O)Oc1ccc2c(C)cc(=O)oc2c1. The van der Waals surface area contributed by atoms with Crippen molar-refractivity contribution in [1.29, 1.82) is 0 Å². The Kier molecular flexibility index (Phi) is 5.31. The van der Waals surface area contributed by atoms with Crippen molar-refractivity contribution in [2.45, 2.75) is 33.6 Å². The van der Waals surface area contributed by atoms with Crippen molar-refractivity contribution in [3.63, 3.8) is 0 Å². The molecular formula is C22H22O5. The largest absolute Gasteiger partial charge is 0.482 e. The molecule has 0 aliphatic rings. The Morgan fingerprint density at radius 3 is 2.56 bits per heavy atom. The molecule has 1 heterocycles. The maximum atomic E-state index is 12.1. The Morgan fingerprint density at radius 2 is 1.81 bits per heavy atom. The molecule has 0 fully saturated rings. The molecule has 0 N–H and O–H groups in total. The van der Waals surface area contributed by atoms with E-state index < -0.39 is 11.6 Å². The molecule has 0 spiro atoms. The molecule has 27 heavy (non-hydrogen) atoms. The lowest BCUT2D eigenvalue weighted by Crippen LogP contribution is -2.18. The molecule has 0 saturated carbocycles. The summed E-state index contributed by atoms with van der Waals surface area (Å²) < 4.78 is 16.1. The molecule has 3 aromatic rings. The highest BCUT2D eigenvalue weighted by Gasteiger charge is 2.11. The fourth-order valence-electron chi connectivity index (χ4n) is 2.80. The van der Waals surface area contributed by atoms with Gasteiger partial charge < -0.3 is 13.9 Å². The molecule has 0 unspecified atom stereocenters. The van der Waals surface area contributed by atoms with E-state index in [-0.39, 0.29) is 6.61 Å². The quantitative estimate of drug-likeness (QED) is 0.377. The number of hydrogen-bond donors (Lipinski definition) is 0. The van der Waals surface area contributed by atoms with Crippen LogP contribution in [0.3, 0.4) is 0 Å². The summed E-state index contributed by atoms with van der Waals surface area (Å²) in [7, 11) is 0. The summed E-state index contributed by atoms with van der Waals surface area (Å²) in [6, 6.07) is 12.4. The number of carbonyl (C=O) groups is 1. The van der Waals surface area contributed by atoms with Crippen LogP contribution in [0.5, 0.6) is 11.5 Å². The van der Waals surface area contributed by atoms with Crippen molar-refractivity contribution in [2.75, 3.05) is 6.61 Å². The van der Waals surface area contributed by atoms with Crippen LogP contribution in [0.1, 0.15) is 36.5 Å². The number of benzene rings is 2. The molecule has 5 heteroatoms. The number of fused-ring (bicyclic) bond motifs is 1. The van der Waals surface area contributed by atoms with Gasteiger partial charge in [-0.2, -0.15) is 0 Å². The fraction of sp³-hybridized carbons (Fsp3) is 0.273. The number of hydrogen-bond acceptors (Lipinski definition) is 5. The number of rotatable bonds is 5. The molecule has 2 aromatic carbocycles. The second kappa shape index (κ2) is 7.66. The van der Waals surface area contributed by atoms with Crippen LogP contribution in [0, 0.1) is 13.8 Å². The van der Waals surface area contributed by atoms with Crippen LogP contribution in [-0.4, -0.2) is 12.6 Å². The molecule has 0 radical (unpaired) electrons. The maximum Gasteiger partial charge on any atom is 0.349 e. The smallest absolute Gasteiger partial charge is 0.349 e. The minimum Gasteiger partial charge on any atom is -0.482 e. The van der Waals surface area contributed by atoms with Crippen molar-refractivity contribution >= 4 is 16.9 Å². The molecule has 0 atom stereocenters. The first-order valence-electron chi connectivity index (χ1n) is 8.82. The van der Waals surface area contributed by atoms with Crippen molar-refractivity contribution < 1.29 is 18.7 Å². The molecule has 1 aromatic heterocycles. The lowest BCUT2D eigenvalue weighted by molar-refractivity contribution is -0.136. The Morgan fingerprint density at radius 1 is 1.04 bits per heavy atom. The van der Waals surface area contributed by atoms with Gasteiger partial charge in [-0.3, -0.25) is 0 Å². The van der Waals surface area contributed by atoms with Gasteiger partial charge in [-0.15, -0.1) is 0 Å². The molecule has 5 nitrogen and oxygen atoms in total. The van der Waals surface area contributed by atoms with Gasteiger partial charge in [0.1, 0.15) is 17.1 Å². The zero-order chi connectivity index (χ0) is 19.6. The normalized spacial score (nSPS) is 11.0. The van der Waals surface area contributed by atoms with E-state index in [2.05, 4.69) is 19.9 Å². The molecule has 0 amide bonds. The van der Waals surface area contributed by atoms with Crippen LogP contribution in [0.25, 0.3) is 11.0 Å². The van der Waals surface area contributed by atoms with Crippen molar-refractivity contribution in [3.8, 4) is 11.5 Å². The Bertz CT molecular complexity index is 1050. The monoisotopic (exact) mass is 366 g/mol. The molecule has 3 rings (SSSR count). The van der Waals surface area contributed by atoms with Gasteiger partial charge in [0.25, 0.3) is 0 Å². The first-order chi connectivity index (χ1) is 12.8. The van der Waals surface area contributed by atoms with Crippen LogP contribution in [0.15, 0.2) is 51.7 Å². The van der Waals surface area contributed by atoms with Crippen molar-refractivity contribution in [2.24, 2.45) is 0 Å². The van der Waals surface area contributed by atoms with Crippen LogP contribution >= 0.6 is 0 Å². The Hall–Kier alpha value is -3.08. The topological polar surface area (TPSA) is 65.7 Å². The molecular weight excluding hydrogens is 344 g/mol. The summed E-state index contributed by atoms with van der Waals surface area (Å²) in [5, 5.41) is 0.798. The average molecular weight is 366 g/mol. The number of aryl methyl sites for hydroxylation is 2. The van der Waals surface area contributed by atoms with Gasteiger partial charge in [0, 0.05) is 17.5 Å². The Balaban J connectivity index is 1.70. The highest BCUT2D eigenvalue weighted by atomic mass is 16.6. The first kappa shape index (κ1) is 18.7. The first-order valence-corrected chi connectivity index (χ1v) is 8.82. The van der Waals surface area contributed by atoms with Gasteiger partial charge in [-0.25, -0.2) is 9.59 Å². The Labute approximate surface area is 157 Å². The summed E-state index contributed by atoms with van der Waals surface area (Å²) in [5.41, 5.74) is 2.85. The van der Waals surface area contributed by atoms with E-state index in [1.807, 2.05) is 26.0 Å². The van der Waals surface area contributed by atoms with Gasteiger partial charge in [-0.05, 0) is 54.7 Å². The second-order valence-electron chi connectivity index (χ2n) is 6.85. The third-order valence-corrected chi connectivity index (χ3v) is 4.38. The molecule has 0 saturated heterocycles. The molecule has 0 aliphatic heterocycles.